The highest BCUT2D eigenvalue weighted by Gasteiger charge is 2.23. The predicted molar refractivity (Wildman–Crippen MR) is 82.4 cm³/mol. The quantitative estimate of drug-likeness (QED) is 0.784. The van der Waals surface area contributed by atoms with Gasteiger partial charge in [0.25, 0.3) is 5.91 Å². The van der Waals surface area contributed by atoms with Crippen LogP contribution in [0, 0.1) is 0 Å². The Hall–Kier alpha value is -2.14. The number of fused-ring (bicyclic) bond motifs is 1. The minimum atomic E-state index is -0.910. The van der Waals surface area contributed by atoms with Crippen LogP contribution in [0.15, 0.2) is 35.1 Å². The summed E-state index contributed by atoms with van der Waals surface area (Å²) < 4.78 is 0. The highest BCUT2D eigenvalue weighted by atomic mass is 16.3. The number of carbonyl (C=O) groups is 1. The third kappa shape index (κ3) is 3.31. The van der Waals surface area contributed by atoms with Gasteiger partial charge in [-0.25, -0.2) is 0 Å². The van der Waals surface area contributed by atoms with Gasteiger partial charge in [-0.05, 0) is 18.9 Å². The van der Waals surface area contributed by atoms with Gasteiger partial charge in [0.2, 0.25) is 5.56 Å². The van der Waals surface area contributed by atoms with E-state index in [1.807, 2.05) is 19.9 Å². The van der Waals surface area contributed by atoms with E-state index in [1.165, 1.54) is 6.07 Å². The van der Waals surface area contributed by atoms with Crippen LogP contribution in [0.4, 0.5) is 0 Å². The van der Waals surface area contributed by atoms with Gasteiger partial charge in [0.15, 0.2) is 0 Å². The maximum Gasteiger partial charge on any atom is 0.252 e. The number of carbonyl (C=O) groups excluding carboxylic acids is 1. The van der Waals surface area contributed by atoms with Crippen molar-refractivity contribution in [3.05, 3.63) is 46.2 Å². The monoisotopic (exact) mass is 288 g/mol. The minimum Gasteiger partial charge on any atom is -0.388 e. The Labute approximate surface area is 123 Å². The van der Waals surface area contributed by atoms with Gasteiger partial charge >= 0.3 is 0 Å². The summed E-state index contributed by atoms with van der Waals surface area (Å²) in [6, 6.07) is 8.43. The molecular formula is C16H20N2O3. The fraction of sp³-hybridized carbons (Fsp3) is 0.375. The van der Waals surface area contributed by atoms with Gasteiger partial charge in [0, 0.05) is 23.5 Å². The zero-order chi connectivity index (χ0) is 15.5. The summed E-state index contributed by atoms with van der Waals surface area (Å²) in [5.41, 5.74) is -0.285. The maximum absolute atomic E-state index is 12.3. The van der Waals surface area contributed by atoms with Crippen molar-refractivity contribution in [3.8, 4) is 0 Å². The summed E-state index contributed by atoms with van der Waals surface area (Å²) in [5.74, 6) is -0.349. The second kappa shape index (κ2) is 6.10. The first-order chi connectivity index (χ1) is 9.99. The lowest BCUT2D eigenvalue weighted by Gasteiger charge is -2.25. The molecule has 0 aliphatic rings. The van der Waals surface area contributed by atoms with Gasteiger partial charge in [-0.1, -0.05) is 32.0 Å². The van der Waals surface area contributed by atoms with Crippen LogP contribution < -0.4 is 10.9 Å². The molecule has 0 saturated carbocycles. The van der Waals surface area contributed by atoms with E-state index in [2.05, 4.69) is 10.3 Å². The first kappa shape index (κ1) is 15.3. The molecule has 0 fully saturated rings. The van der Waals surface area contributed by atoms with Crippen molar-refractivity contribution >= 4 is 16.8 Å². The normalized spacial score (nSPS) is 11.6. The Kier molecular flexibility index (Phi) is 4.43. The number of hydrogen-bond donors (Lipinski definition) is 3. The molecule has 0 atom stereocenters. The number of para-hydroxylation sites is 1. The van der Waals surface area contributed by atoms with Crippen molar-refractivity contribution in [1.29, 1.82) is 0 Å². The minimum absolute atomic E-state index is 0.167. The van der Waals surface area contributed by atoms with E-state index < -0.39 is 5.60 Å². The van der Waals surface area contributed by atoms with Crippen LogP contribution in [0.1, 0.15) is 37.0 Å². The molecule has 0 unspecified atom stereocenters. The zero-order valence-electron chi connectivity index (χ0n) is 12.3. The highest BCUT2D eigenvalue weighted by Crippen LogP contribution is 2.16. The fourth-order valence-corrected chi connectivity index (χ4v) is 2.23. The van der Waals surface area contributed by atoms with Gasteiger partial charge in [-0.3, -0.25) is 9.59 Å². The van der Waals surface area contributed by atoms with Gasteiger partial charge in [-0.15, -0.1) is 0 Å². The van der Waals surface area contributed by atoms with E-state index in [1.54, 1.807) is 18.2 Å². The van der Waals surface area contributed by atoms with E-state index in [0.29, 0.717) is 29.3 Å². The lowest BCUT2D eigenvalue weighted by molar-refractivity contribution is 0.0314. The molecule has 112 valence electrons. The van der Waals surface area contributed by atoms with E-state index in [-0.39, 0.29) is 18.0 Å². The molecule has 1 heterocycles. The third-order valence-electron chi connectivity index (χ3n) is 3.89. The third-order valence-corrected chi connectivity index (χ3v) is 3.89. The molecule has 0 bridgehead atoms. The van der Waals surface area contributed by atoms with E-state index >= 15 is 0 Å². The number of nitrogens with one attached hydrogen (secondary N) is 2. The molecule has 1 amide bonds. The standard InChI is InChI=1S/C16H20N2O3/c1-3-16(21,4-2)10-17-15(20)12-9-14(19)18-13-8-6-5-7-11(12)13/h5-9,21H,3-4,10H2,1-2H3,(H,17,20)(H,18,19). The second-order valence-electron chi connectivity index (χ2n) is 5.21. The molecular weight excluding hydrogens is 268 g/mol. The molecule has 5 nitrogen and oxygen atoms in total. The Morgan fingerprint density at radius 2 is 1.95 bits per heavy atom. The number of hydrogen-bond acceptors (Lipinski definition) is 3. The number of H-pyrrole nitrogens is 1. The van der Waals surface area contributed by atoms with E-state index in [9.17, 15) is 14.7 Å². The summed E-state index contributed by atoms with van der Waals surface area (Å²) in [4.78, 5) is 26.6. The molecule has 0 aliphatic heterocycles. The SMILES string of the molecule is CCC(O)(CC)CNC(=O)c1cc(=O)[nH]c2ccccc12. The largest absolute Gasteiger partial charge is 0.388 e. The number of aliphatic hydroxyl groups is 1. The number of pyridine rings is 1. The summed E-state index contributed by atoms with van der Waals surface area (Å²) in [6.07, 6.45) is 1.11. The Morgan fingerprint density at radius 1 is 1.29 bits per heavy atom. The number of aromatic nitrogens is 1. The lowest BCUT2D eigenvalue weighted by atomic mass is 9.97. The average Bonchev–Trinajstić information content (AvgIpc) is 2.51. The molecule has 5 heteroatoms. The van der Waals surface area contributed by atoms with Crippen LogP contribution in [-0.2, 0) is 0 Å². The predicted octanol–water partition coefficient (Wildman–Crippen LogP) is 1.81. The number of benzene rings is 1. The molecule has 1 aromatic heterocycles. The Balaban J connectivity index is 2.30. The van der Waals surface area contributed by atoms with Crippen molar-refractivity contribution in [2.75, 3.05) is 6.54 Å². The Morgan fingerprint density at radius 3 is 2.62 bits per heavy atom. The molecule has 21 heavy (non-hydrogen) atoms. The smallest absolute Gasteiger partial charge is 0.252 e. The second-order valence-corrected chi connectivity index (χ2v) is 5.21. The first-order valence-electron chi connectivity index (χ1n) is 7.11. The topological polar surface area (TPSA) is 82.2 Å². The number of amides is 1. The van der Waals surface area contributed by atoms with Gasteiger partial charge in [0.1, 0.15) is 0 Å². The molecule has 1 aromatic carbocycles. The highest BCUT2D eigenvalue weighted by molar-refractivity contribution is 6.05. The van der Waals surface area contributed by atoms with Crippen molar-refractivity contribution in [1.82, 2.24) is 10.3 Å². The van der Waals surface area contributed by atoms with Crippen LogP contribution in [0.3, 0.4) is 0 Å². The van der Waals surface area contributed by atoms with Crippen molar-refractivity contribution in [2.45, 2.75) is 32.3 Å². The van der Waals surface area contributed by atoms with E-state index in [4.69, 9.17) is 0 Å². The molecule has 3 N–H and O–H groups in total. The summed E-state index contributed by atoms with van der Waals surface area (Å²) in [6.45, 7) is 3.91. The molecule has 0 radical (unpaired) electrons. The molecule has 2 rings (SSSR count). The molecule has 0 saturated heterocycles. The van der Waals surface area contributed by atoms with Crippen LogP contribution in [-0.4, -0.2) is 28.1 Å². The van der Waals surface area contributed by atoms with Crippen LogP contribution in [0.2, 0.25) is 0 Å². The average molecular weight is 288 g/mol. The summed E-state index contributed by atoms with van der Waals surface area (Å²) in [5, 5.41) is 13.6. The van der Waals surface area contributed by atoms with Gasteiger partial charge in [-0.2, -0.15) is 0 Å². The fourth-order valence-electron chi connectivity index (χ4n) is 2.23. The van der Waals surface area contributed by atoms with Crippen LogP contribution >= 0.6 is 0 Å². The van der Waals surface area contributed by atoms with Gasteiger partial charge < -0.3 is 15.4 Å². The van der Waals surface area contributed by atoms with Crippen molar-refractivity contribution in [3.63, 3.8) is 0 Å². The number of rotatable bonds is 5. The number of aromatic amines is 1. The van der Waals surface area contributed by atoms with Crippen molar-refractivity contribution < 1.29 is 9.90 Å². The van der Waals surface area contributed by atoms with Crippen LogP contribution in [0.25, 0.3) is 10.9 Å². The lowest BCUT2D eigenvalue weighted by Crippen LogP contribution is -2.42. The first-order valence-corrected chi connectivity index (χ1v) is 7.11. The molecule has 0 spiro atoms. The van der Waals surface area contributed by atoms with Crippen LogP contribution in [0.5, 0.6) is 0 Å². The van der Waals surface area contributed by atoms with E-state index in [0.717, 1.165) is 0 Å². The Bertz CT molecular complexity index is 702. The van der Waals surface area contributed by atoms with Gasteiger partial charge in [0.05, 0.1) is 11.2 Å². The molecule has 2 aromatic rings. The maximum atomic E-state index is 12.3. The summed E-state index contributed by atoms with van der Waals surface area (Å²) in [7, 11) is 0. The summed E-state index contributed by atoms with van der Waals surface area (Å²) >= 11 is 0. The molecule has 0 aliphatic carbocycles. The van der Waals surface area contributed by atoms with Crippen molar-refractivity contribution in [2.24, 2.45) is 0 Å². The zero-order valence-corrected chi connectivity index (χ0v) is 12.3.